The van der Waals surface area contributed by atoms with Gasteiger partial charge in [-0.05, 0) is 91.4 Å². The fraction of sp³-hybridized carbons (Fsp3) is 0.286. The van der Waals surface area contributed by atoms with Crippen LogP contribution < -0.4 is 26.0 Å². The molecule has 1 aliphatic rings. The van der Waals surface area contributed by atoms with Crippen molar-refractivity contribution >= 4 is 52.8 Å². The maximum absolute atomic E-state index is 13.8. The minimum absolute atomic E-state index is 0.0291. The highest BCUT2D eigenvalue weighted by molar-refractivity contribution is 6.36. The van der Waals surface area contributed by atoms with Gasteiger partial charge in [0.05, 0.1) is 5.54 Å². The van der Waals surface area contributed by atoms with Gasteiger partial charge in [-0.3, -0.25) is 14.4 Å². The molecule has 284 valence electrons. The van der Waals surface area contributed by atoms with Gasteiger partial charge in [-0.25, -0.2) is 13.6 Å². The molecule has 1 fully saturated rings. The summed E-state index contributed by atoms with van der Waals surface area (Å²) in [6.07, 6.45) is -4.23. The highest BCUT2D eigenvalue weighted by Crippen LogP contribution is 2.48. The van der Waals surface area contributed by atoms with Crippen LogP contribution in [0, 0.1) is 11.6 Å². The summed E-state index contributed by atoms with van der Waals surface area (Å²) in [6, 6.07) is 13.2. The number of ketones is 1. The first-order valence-electron chi connectivity index (χ1n) is 16.2. The number of aryl methyl sites for hydroxylation is 1. The van der Waals surface area contributed by atoms with E-state index in [-0.39, 0.29) is 42.4 Å². The Hall–Kier alpha value is -5.91. The number of ether oxygens (including phenoxy) is 1. The third-order valence-electron chi connectivity index (χ3n) is 8.09. The summed E-state index contributed by atoms with van der Waals surface area (Å²) in [5.74, 6) is -5.87. The minimum atomic E-state index is -4.66. The Kier molecular flexibility index (Phi) is 12.3. The maximum Gasteiger partial charge on any atom is 0.422 e. The number of rotatable bonds is 17. The highest BCUT2D eigenvalue weighted by atomic mass is 35.5. The molecule has 1 atom stereocenters. The summed E-state index contributed by atoms with van der Waals surface area (Å²) < 4.78 is 70.7. The lowest BCUT2D eigenvalue weighted by Gasteiger charge is -2.19. The molecule has 5 N–H and O–H groups in total. The van der Waals surface area contributed by atoms with Gasteiger partial charge in [-0.1, -0.05) is 23.7 Å². The molecule has 0 spiro atoms. The first-order valence-corrected chi connectivity index (χ1v) is 16.6. The van der Waals surface area contributed by atoms with E-state index in [0.29, 0.717) is 23.6 Å². The molecule has 19 heteroatoms. The SMILES string of the molecule is O=C(CCc1cc(F)ccc1F)C(=O)NCC[C@H](NC(=O)c1ccc(Nc2nc(NC3(c4ccc(Cl)cc4)CC3)nc(OCC(F)(F)F)n2)cc1)C(=O)O. The van der Waals surface area contributed by atoms with Crippen molar-refractivity contribution in [3.05, 3.63) is 100 Å². The smallest absolute Gasteiger partial charge is 0.422 e. The number of Topliss-reactive ketones (excluding diaryl/α,β-unsaturated/α-hetero) is 1. The van der Waals surface area contributed by atoms with E-state index in [1.54, 1.807) is 12.1 Å². The van der Waals surface area contributed by atoms with Crippen LogP contribution in [-0.2, 0) is 26.3 Å². The predicted molar refractivity (Wildman–Crippen MR) is 183 cm³/mol. The Morgan fingerprint density at radius 1 is 0.926 bits per heavy atom. The van der Waals surface area contributed by atoms with E-state index >= 15 is 0 Å². The van der Waals surface area contributed by atoms with E-state index in [0.717, 1.165) is 23.8 Å². The second-order valence-corrected chi connectivity index (χ2v) is 12.6. The third kappa shape index (κ3) is 11.0. The van der Waals surface area contributed by atoms with Crippen LogP contribution in [0.2, 0.25) is 5.02 Å². The summed E-state index contributed by atoms with van der Waals surface area (Å²) in [6.45, 7) is -1.96. The van der Waals surface area contributed by atoms with Crippen LogP contribution in [0.3, 0.4) is 0 Å². The number of aromatic nitrogens is 3. The molecule has 54 heavy (non-hydrogen) atoms. The van der Waals surface area contributed by atoms with Crippen molar-refractivity contribution in [2.75, 3.05) is 23.8 Å². The molecule has 0 unspecified atom stereocenters. The van der Waals surface area contributed by atoms with Crippen molar-refractivity contribution in [3.8, 4) is 6.01 Å². The largest absolute Gasteiger partial charge is 0.480 e. The topological polar surface area (TPSA) is 185 Å². The second kappa shape index (κ2) is 16.8. The molecule has 1 aliphatic carbocycles. The molecule has 4 aromatic rings. The van der Waals surface area contributed by atoms with Crippen molar-refractivity contribution in [1.82, 2.24) is 25.6 Å². The van der Waals surface area contributed by atoms with E-state index in [1.807, 2.05) is 12.1 Å². The molecular formula is C35H31ClF5N7O6. The third-order valence-corrected chi connectivity index (χ3v) is 8.34. The Morgan fingerprint density at radius 2 is 1.61 bits per heavy atom. The van der Waals surface area contributed by atoms with Gasteiger partial charge in [0, 0.05) is 29.2 Å². The first kappa shape index (κ1) is 39.3. The number of halogens is 6. The van der Waals surface area contributed by atoms with Gasteiger partial charge in [-0.15, -0.1) is 0 Å². The van der Waals surface area contributed by atoms with E-state index in [9.17, 15) is 46.2 Å². The van der Waals surface area contributed by atoms with Gasteiger partial charge >= 0.3 is 18.2 Å². The standard InChI is InChI=1S/C35H31ClF5N7O6/c36-22-6-4-21(5-7-22)34(14-15-34)48-32-45-31(46-33(47-32)54-18-35(39,40)41)43-24-9-1-19(2-10-24)28(50)44-26(30(52)53)13-16-42-29(51)27(49)12-3-20-17-23(37)8-11-25(20)38/h1-2,4-11,17,26H,3,12-16,18H2,(H,42,51)(H,44,50)(H,52,53)(H2,43,45,46,47,48)/t26-/m0/s1. The zero-order chi connectivity index (χ0) is 39.0. The number of amides is 2. The average Bonchev–Trinajstić information content (AvgIpc) is 3.90. The van der Waals surface area contributed by atoms with Gasteiger partial charge in [0.15, 0.2) is 6.61 Å². The Bertz CT molecular complexity index is 2020. The number of aliphatic carboxylic acids is 1. The van der Waals surface area contributed by atoms with E-state index in [2.05, 4.69) is 36.2 Å². The zero-order valence-electron chi connectivity index (χ0n) is 28.0. The second-order valence-electron chi connectivity index (χ2n) is 12.2. The summed E-state index contributed by atoms with van der Waals surface area (Å²) in [4.78, 5) is 61.2. The van der Waals surface area contributed by atoms with E-state index < -0.39 is 72.0 Å². The van der Waals surface area contributed by atoms with Crippen LogP contribution in [-0.4, -0.2) is 69.0 Å². The van der Waals surface area contributed by atoms with E-state index in [1.165, 1.54) is 24.3 Å². The number of alkyl halides is 3. The number of carbonyl (C=O) groups is 4. The molecule has 1 saturated carbocycles. The molecule has 1 aromatic heterocycles. The van der Waals surface area contributed by atoms with Crippen molar-refractivity contribution in [2.45, 2.75) is 49.9 Å². The number of anilines is 3. The van der Waals surface area contributed by atoms with Crippen LogP contribution in [0.15, 0.2) is 66.7 Å². The monoisotopic (exact) mass is 775 g/mol. The quantitative estimate of drug-likeness (QED) is 0.0676. The van der Waals surface area contributed by atoms with Crippen molar-refractivity contribution in [2.24, 2.45) is 0 Å². The number of carboxylic acid groups (broad SMARTS) is 1. The van der Waals surface area contributed by atoms with Crippen LogP contribution >= 0.6 is 11.6 Å². The Morgan fingerprint density at radius 3 is 2.26 bits per heavy atom. The number of benzene rings is 3. The molecule has 3 aromatic carbocycles. The molecule has 0 saturated heterocycles. The molecule has 0 radical (unpaired) electrons. The number of nitrogens with zero attached hydrogens (tertiary/aromatic N) is 3. The lowest BCUT2D eigenvalue weighted by molar-refractivity contribution is -0.154. The highest BCUT2D eigenvalue weighted by Gasteiger charge is 2.45. The number of nitrogens with one attached hydrogen (secondary N) is 4. The van der Waals surface area contributed by atoms with Crippen molar-refractivity contribution < 1.29 is 51.0 Å². The van der Waals surface area contributed by atoms with Crippen molar-refractivity contribution in [3.63, 3.8) is 0 Å². The molecule has 13 nitrogen and oxygen atoms in total. The number of hydrogen-bond donors (Lipinski definition) is 5. The van der Waals surface area contributed by atoms with Crippen LogP contribution in [0.4, 0.5) is 39.5 Å². The van der Waals surface area contributed by atoms with Crippen molar-refractivity contribution in [1.29, 1.82) is 0 Å². The normalized spacial score (nSPS) is 13.7. The predicted octanol–water partition coefficient (Wildman–Crippen LogP) is 5.48. The van der Waals surface area contributed by atoms with Crippen LogP contribution in [0.25, 0.3) is 0 Å². The fourth-order valence-corrected chi connectivity index (χ4v) is 5.26. The van der Waals surface area contributed by atoms with Gasteiger partial charge in [-0.2, -0.15) is 28.1 Å². The average molecular weight is 776 g/mol. The molecule has 2 amide bonds. The summed E-state index contributed by atoms with van der Waals surface area (Å²) >= 11 is 6.01. The Labute approximate surface area is 308 Å². The van der Waals surface area contributed by atoms with Crippen LogP contribution in [0.5, 0.6) is 6.01 Å². The zero-order valence-corrected chi connectivity index (χ0v) is 28.7. The number of carbonyl (C=O) groups excluding carboxylic acids is 3. The van der Waals surface area contributed by atoms with Gasteiger partial charge < -0.3 is 31.1 Å². The first-order chi connectivity index (χ1) is 25.6. The Balaban J connectivity index is 1.17. The molecule has 0 bridgehead atoms. The van der Waals surface area contributed by atoms with Gasteiger partial charge in [0.2, 0.25) is 17.7 Å². The molecule has 1 heterocycles. The number of carboxylic acids is 1. The van der Waals surface area contributed by atoms with Crippen LogP contribution in [0.1, 0.15) is 47.2 Å². The number of hydrogen-bond acceptors (Lipinski definition) is 10. The fourth-order valence-electron chi connectivity index (χ4n) is 5.13. The molecule has 0 aliphatic heterocycles. The minimum Gasteiger partial charge on any atom is -0.480 e. The van der Waals surface area contributed by atoms with E-state index in [4.69, 9.17) is 16.3 Å². The maximum atomic E-state index is 13.8. The summed E-state index contributed by atoms with van der Waals surface area (Å²) in [5.41, 5.74) is 0.533. The summed E-state index contributed by atoms with van der Waals surface area (Å²) in [5, 5.41) is 20.7. The lowest BCUT2D eigenvalue weighted by atomic mass is 10.1. The van der Waals surface area contributed by atoms with Gasteiger partial charge in [0.25, 0.3) is 11.8 Å². The summed E-state index contributed by atoms with van der Waals surface area (Å²) in [7, 11) is 0. The molecule has 5 rings (SSSR count). The molecular weight excluding hydrogens is 745 g/mol. The lowest BCUT2D eigenvalue weighted by Crippen LogP contribution is -2.43. The van der Waals surface area contributed by atoms with Gasteiger partial charge in [0.1, 0.15) is 17.7 Å².